The fourth-order valence-corrected chi connectivity index (χ4v) is 4.35. The Hall–Kier alpha value is -2.86. The first-order valence-corrected chi connectivity index (χ1v) is 10.6. The molecule has 2 aromatic carbocycles. The maximum Gasteiger partial charge on any atom is 0.258 e. The van der Waals surface area contributed by atoms with E-state index in [1.807, 2.05) is 12.1 Å². The van der Waals surface area contributed by atoms with Gasteiger partial charge in [-0.2, -0.15) is 0 Å². The molecule has 3 aromatic rings. The van der Waals surface area contributed by atoms with Gasteiger partial charge in [-0.05, 0) is 53.1 Å². The summed E-state index contributed by atoms with van der Waals surface area (Å²) in [5.41, 5.74) is 2.40. The number of pyridine rings is 1. The Balaban J connectivity index is 1.80. The van der Waals surface area contributed by atoms with E-state index < -0.39 is 0 Å². The zero-order chi connectivity index (χ0) is 22.3. The van der Waals surface area contributed by atoms with E-state index in [2.05, 4.69) is 18.7 Å². The molecule has 1 fully saturated rings. The zero-order valence-corrected chi connectivity index (χ0v) is 18.7. The van der Waals surface area contributed by atoms with Gasteiger partial charge in [-0.25, -0.2) is 4.39 Å². The molecule has 1 aliphatic heterocycles. The number of halogens is 1. The van der Waals surface area contributed by atoms with Gasteiger partial charge in [0.1, 0.15) is 17.3 Å². The summed E-state index contributed by atoms with van der Waals surface area (Å²) in [4.78, 5) is 14.9. The second kappa shape index (κ2) is 8.35. The fourth-order valence-electron chi connectivity index (χ4n) is 4.35. The number of fused-ring (bicyclic) bond motifs is 1. The third-order valence-corrected chi connectivity index (χ3v) is 6.37. The second-order valence-corrected chi connectivity index (χ2v) is 8.71. The predicted octanol–water partition coefficient (Wildman–Crippen LogP) is 4.45. The minimum atomic E-state index is -0.380. The summed E-state index contributed by atoms with van der Waals surface area (Å²) in [6, 6.07) is 8.15. The van der Waals surface area contributed by atoms with Crippen LogP contribution in [0.2, 0.25) is 0 Å². The summed E-state index contributed by atoms with van der Waals surface area (Å²) in [5.74, 6) is 2.47. The van der Waals surface area contributed by atoms with Crippen molar-refractivity contribution in [1.29, 1.82) is 0 Å². The zero-order valence-electron chi connectivity index (χ0n) is 18.7. The molecule has 1 aliphatic rings. The number of aryl methyl sites for hydroxylation is 1. The van der Waals surface area contributed by atoms with Gasteiger partial charge in [0.15, 0.2) is 0 Å². The molecule has 4 rings (SSSR count). The molecule has 0 bridgehead atoms. The van der Waals surface area contributed by atoms with Crippen LogP contribution in [0.1, 0.15) is 19.4 Å². The van der Waals surface area contributed by atoms with Crippen LogP contribution in [0.15, 0.2) is 41.3 Å². The molecule has 6 heteroatoms. The van der Waals surface area contributed by atoms with Gasteiger partial charge in [0.25, 0.3) is 5.56 Å². The molecule has 31 heavy (non-hydrogen) atoms. The summed E-state index contributed by atoms with van der Waals surface area (Å²) in [7, 11) is 4.99. The molecule has 0 aliphatic carbocycles. The number of nitrogens with zero attached hydrogens (tertiary/aromatic N) is 2. The number of likely N-dealkylation sites (tertiary alicyclic amines) is 1. The maximum absolute atomic E-state index is 14.0. The van der Waals surface area contributed by atoms with E-state index >= 15 is 0 Å². The van der Waals surface area contributed by atoms with Gasteiger partial charge in [0.2, 0.25) is 0 Å². The molecule has 0 radical (unpaired) electrons. The van der Waals surface area contributed by atoms with Crippen molar-refractivity contribution >= 4 is 10.8 Å². The average Bonchev–Trinajstić information content (AvgIpc) is 2.72. The van der Waals surface area contributed by atoms with E-state index in [1.165, 1.54) is 22.8 Å². The van der Waals surface area contributed by atoms with E-state index in [4.69, 9.17) is 9.47 Å². The van der Waals surface area contributed by atoms with Crippen LogP contribution in [0.3, 0.4) is 0 Å². The summed E-state index contributed by atoms with van der Waals surface area (Å²) in [5, 5.41) is 1.05. The third kappa shape index (κ3) is 3.92. The molecule has 164 valence electrons. The SMILES string of the molecule is COc1cc(-c2cn(C)c(=O)c3ccc(F)cc23)cc(OC)c1CN1CC(C(C)C)C1. The molecule has 0 amide bonds. The molecule has 0 saturated carbocycles. The van der Waals surface area contributed by atoms with E-state index in [-0.39, 0.29) is 11.4 Å². The highest BCUT2D eigenvalue weighted by molar-refractivity contribution is 5.96. The lowest BCUT2D eigenvalue weighted by molar-refractivity contribution is 0.0600. The van der Waals surface area contributed by atoms with Crippen molar-refractivity contribution in [2.45, 2.75) is 20.4 Å². The summed E-state index contributed by atoms with van der Waals surface area (Å²) in [6.07, 6.45) is 1.74. The number of rotatable bonds is 6. The number of benzene rings is 2. The molecule has 0 atom stereocenters. The molecular formula is C25H29FN2O3. The van der Waals surface area contributed by atoms with Crippen LogP contribution in [0, 0.1) is 17.7 Å². The Morgan fingerprint density at radius 2 is 1.71 bits per heavy atom. The molecule has 1 aromatic heterocycles. The van der Waals surface area contributed by atoms with Gasteiger partial charge in [0.05, 0.1) is 19.8 Å². The van der Waals surface area contributed by atoms with Gasteiger partial charge in [-0.1, -0.05) is 13.8 Å². The van der Waals surface area contributed by atoms with Crippen LogP contribution in [0.5, 0.6) is 11.5 Å². The van der Waals surface area contributed by atoms with Crippen LogP contribution < -0.4 is 15.0 Å². The van der Waals surface area contributed by atoms with Crippen LogP contribution >= 0.6 is 0 Å². The maximum atomic E-state index is 14.0. The second-order valence-electron chi connectivity index (χ2n) is 8.71. The summed E-state index contributed by atoms with van der Waals surface area (Å²) in [6.45, 7) is 7.40. The van der Waals surface area contributed by atoms with E-state index in [9.17, 15) is 9.18 Å². The van der Waals surface area contributed by atoms with Crippen molar-refractivity contribution in [3.05, 3.63) is 58.3 Å². The van der Waals surface area contributed by atoms with Crippen LogP contribution in [-0.2, 0) is 13.6 Å². The van der Waals surface area contributed by atoms with Crippen LogP contribution in [-0.4, -0.2) is 36.8 Å². The molecular weight excluding hydrogens is 395 g/mol. The highest BCUT2D eigenvalue weighted by Crippen LogP contribution is 2.39. The van der Waals surface area contributed by atoms with Gasteiger partial charge in [-0.15, -0.1) is 0 Å². The minimum absolute atomic E-state index is 0.160. The van der Waals surface area contributed by atoms with Crippen molar-refractivity contribution < 1.29 is 13.9 Å². The standard InChI is InChI=1S/C25H29FN2O3/c1-15(2)17-11-28(12-17)14-22-23(30-4)8-16(9-24(22)31-5)21-13-27(3)25(29)19-7-6-18(26)10-20(19)21/h6-10,13,15,17H,11-12,14H2,1-5H3. The lowest BCUT2D eigenvalue weighted by atomic mass is 9.88. The average molecular weight is 425 g/mol. The highest BCUT2D eigenvalue weighted by atomic mass is 19.1. The first-order valence-electron chi connectivity index (χ1n) is 10.6. The number of methoxy groups -OCH3 is 2. The highest BCUT2D eigenvalue weighted by Gasteiger charge is 2.30. The monoisotopic (exact) mass is 424 g/mol. The lowest BCUT2D eigenvalue weighted by Gasteiger charge is -2.42. The molecule has 0 spiro atoms. The van der Waals surface area contributed by atoms with Crippen molar-refractivity contribution in [2.75, 3.05) is 27.3 Å². The summed E-state index contributed by atoms with van der Waals surface area (Å²) >= 11 is 0. The Morgan fingerprint density at radius 3 is 2.29 bits per heavy atom. The molecule has 1 saturated heterocycles. The molecule has 0 N–H and O–H groups in total. The minimum Gasteiger partial charge on any atom is -0.496 e. The number of aromatic nitrogens is 1. The quantitative estimate of drug-likeness (QED) is 0.586. The first kappa shape index (κ1) is 21.4. The molecule has 2 heterocycles. The predicted molar refractivity (Wildman–Crippen MR) is 121 cm³/mol. The Kier molecular flexibility index (Phi) is 5.75. The van der Waals surface area contributed by atoms with Gasteiger partial charge >= 0.3 is 0 Å². The molecule has 5 nitrogen and oxygen atoms in total. The van der Waals surface area contributed by atoms with Gasteiger partial charge < -0.3 is 14.0 Å². The Morgan fingerprint density at radius 1 is 1.06 bits per heavy atom. The lowest BCUT2D eigenvalue weighted by Crippen LogP contribution is -2.48. The Labute approximate surface area is 182 Å². The van der Waals surface area contributed by atoms with Crippen LogP contribution in [0.25, 0.3) is 21.9 Å². The van der Waals surface area contributed by atoms with Crippen molar-refractivity contribution in [3.8, 4) is 22.6 Å². The third-order valence-electron chi connectivity index (χ3n) is 6.37. The van der Waals surface area contributed by atoms with Crippen molar-refractivity contribution in [1.82, 2.24) is 9.47 Å². The smallest absolute Gasteiger partial charge is 0.258 e. The van der Waals surface area contributed by atoms with E-state index in [1.54, 1.807) is 27.5 Å². The normalized spacial score (nSPS) is 14.8. The van der Waals surface area contributed by atoms with E-state index in [0.29, 0.717) is 16.7 Å². The number of hydrogen-bond acceptors (Lipinski definition) is 4. The number of ether oxygens (including phenoxy) is 2. The van der Waals surface area contributed by atoms with Crippen molar-refractivity contribution in [2.24, 2.45) is 18.9 Å². The van der Waals surface area contributed by atoms with Gasteiger partial charge in [0, 0.05) is 43.8 Å². The summed E-state index contributed by atoms with van der Waals surface area (Å²) < 4.78 is 27.0. The largest absolute Gasteiger partial charge is 0.496 e. The van der Waals surface area contributed by atoms with Gasteiger partial charge in [-0.3, -0.25) is 9.69 Å². The topological polar surface area (TPSA) is 43.7 Å². The number of hydrogen-bond donors (Lipinski definition) is 0. The van der Waals surface area contributed by atoms with E-state index in [0.717, 1.165) is 53.7 Å². The Bertz CT molecular complexity index is 1150. The first-order chi connectivity index (χ1) is 14.8. The van der Waals surface area contributed by atoms with Crippen LogP contribution in [0.4, 0.5) is 4.39 Å². The molecule has 0 unspecified atom stereocenters. The van der Waals surface area contributed by atoms with Crippen molar-refractivity contribution in [3.63, 3.8) is 0 Å². The fraction of sp³-hybridized carbons (Fsp3) is 0.400.